The molecular formula is C11H14N6O. The highest BCUT2D eigenvalue weighted by Gasteiger charge is 2.08. The molecule has 0 atom stereocenters. The van der Waals surface area contributed by atoms with Crippen molar-refractivity contribution in [2.24, 2.45) is 5.73 Å². The number of aromatic nitrogens is 4. The normalized spacial score (nSPS) is 10.3. The van der Waals surface area contributed by atoms with Crippen LogP contribution < -0.4 is 11.1 Å². The van der Waals surface area contributed by atoms with Gasteiger partial charge in [0.15, 0.2) is 0 Å². The van der Waals surface area contributed by atoms with Gasteiger partial charge in [-0.15, -0.1) is 5.10 Å². The molecule has 1 aromatic heterocycles. The Morgan fingerprint density at radius 3 is 2.94 bits per heavy atom. The number of hydrogen-bond acceptors (Lipinski definition) is 5. The quantitative estimate of drug-likeness (QED) is 0.792. The highest BCUT2D eigenvalue weighted by molar-refractivity contribution is 5.92. The Bertz CT molecular complexity index is 510. The van der Waals surface area contributed by atoms with E-state index in [2.05, 4.69) is 20.8 Å². The summed E-state index contributed by atoms with van der Waals surface area (Å²) in [6.07, 6.45) is 2.55. The van der Waals surface area contributed by atoms with Crippen LogP contribution in [-0.4, -0.2) is 32.7 Å². The van der Waals surface area contributed by atoms with E-state index < -0.39 is 0 Å². The Morgan fingerprint density at radius 2 is 2.22 bits per heavy atom. The van der Waals surface area contributed by atoms with Crippen molar-refractivity contribution < 1.29 is 4.79 Å². The van der Waals surface area contributed by atoms with E-state index in [4.69, 9.17) is 5.73 Å². The molecule has 0 aliphatic carbocycles. The van der Waals surface area contributed by atoms with E-state index in [1.807, 2.05) is 18.2 Å². The highest BCUT2D eigenvalue weighted by Crippen LogP contribution is 2.18. The van der Waals surface area contributed by atoms with Crippen LogP contribution >= 0.6 is 0 Å². The number of hydrogen-bond donors (Lipinski definition) is 2. The Balaban J connectivity index is 2.16. The average Bonchev–Trinajstić information content (AvgIpc) is 2.91. The Labute approximate surface area is 104 Å². The van der Waals surface area contributed by atoms with Crippen molar-refractivity contribution in [1.82, 2.24) is 20.2 Å². The fourth-order valence-corrected chi connectivity index (χ4v) is 1.53. The summed E-state index contributed by atoms with van der Waals surface area (Å²) >= 11 is 0. The highest BCUT2D eigenvalue weighted by atomic mass is 16.1. The molecule has 94 valence electrons. The van der Waals surface area contributed by atoms with Gasteiger partial charge in [0.05, 0.1) is 11.4 Å². The zero-order chi connectivity index (χ0) is 12.8. The van der Waals surface area contributed by atoms with Crippen LogP contribution in [0.4, 0.5) is 5.69 Å². The summed E-state index contributed by atoms with van der Waals surface area (Å²) in [6, 6.07) is 7.32. The monoisotopic (exact) mass is 246 g/mol. The van der Waals surface area contributed by atoms with E-state index in [1.165, 1.54) is 11.0 Å². The molecule has 0 fully saturated rings. The van der Waals surface area contributed by atoms with E-state index in [-0.39, 0.29) is 5.91 Å². The van der Waals surface area contributed by atoms with Crippen LogP contribution in [0.15, 0.2) is 30.6 Å². The summed E-state index contributed by atoms with van der Waals surface area (Å²) in [5.74, 6) is -0.0685. The molecule has 0 saturated heterocycles. The number of carbonyl (C=O) groups is 1. The lowest BCUT2D eigenvalue weighted by Crippen LogP contribution is -2.15. The number of nitrogens with two attached hydrogens (primary N) is 1. The Kier molecular flexibility index (Phi) is 3.98. The van der Waals surface area contributed by atoms with Crippen molar-refractivity contribution in [2.75, 3.05) is 11.9 Å². The van der Waals surface area contributed by atoms with E-state index in [9.17, 15) is 4.79 Å². The zero-order valence-electron chi connectivity index (χ0n) is 9.78. The summed E-state index contributed by atoms with van der Waals surface area (Å²) in [5.41, 5.74) is 6.77. The molecule has 0 spiro atoms. The summed E-state index contributed by atoms with van der Waals surface area (Å²) in [6.45, 7) is 0.502. The van der Waals surface area contributed by atoms with Crippen molar-refractivity contribution in [3.05, 3.63) is 30.6 Å². The average molecular weight is 246 g/mol. The molecule has 7 nitrogen and oxygen atoms in total. The van der Waals surface area contributed by atoms with Gasteiger partial charge < -0.3 is 11.1 Å². The second kappa shape index (κ2) is 5.87. The third kappa shape index (κ3) is 2.89. The third-order valence-electron chi connectivity index (χ3n) is 2.38. The molecule has 18 heavy (non-hydrogen) atoms. The standard InChI is InChI=1S/C11H14N6O/c12-7-3-6-11(18)14-9-4-1-2-5-10(9)17-8-13-15-16-17/h1-2,4-5,8H,3,6-7,12H2,(H,14,18). The lowest BCUT2D eigenvalue weighted by Gasteiger charge is -2.09. The number of anilines is 1. The maximum atomic E-state index is 11.7. The largest absolute Gasteiger partial charge is 0.330 e. The minimum Gasteiger partial charge on any atom is -0.330 e. The summed E-state index contributed by atoms with van der Waals surface area (Å²) in [7, 11) is 0. The van der Waals surface area contributed by atoms with Gasteiger partial charge in [0.2, 0.25) is 5.91 Å². The third-order valence-corrected chi connectivity index (χ3v) is 2.38. The maximum absolute atomic E-state index is 11.7. The Hall–Kier alpha value is -2.28. The summed E-state index contributed by atoms with van der Waals surface area (Å²) in [4.78, 5) is 11.7. The van der Waals surface area contributed by atoms with E-state index in [0.717, 1.165) is 5.69 Å². The van der Waals surface area contributed by atoms with Gasteiger partial charge >= 0.3 is 0 Å². The number of carbonyl (C=O) groups excluding carboxylic acids is 1. The summed E-state index contributed by atoms with van der Waals surface area (Å²) in [5, 5.41) is 13.8. The molecule has 2 aromatic rings. The molecule has 1 aromatic carbocycles. The summed E-state index contributed by atoms with van der Waals surface area (Å²) < 4.78 is 1.50. The first-order chi connectivity index (χ1) is 8.81. The molecule has 0 unspecified atom stereocenters. The van der Waals surface area contributed by atoms with Gasteiger partial charge in [-0.05, 0) is 35.5 Å². The Morgan fingerprint density at radius 1 is 1.39 bits per heavy atom. The van der Waals surface area contributed by atoms with Crippen LogP contribution in [0.25, 0.3) is 5.69 Å². The van der Waals surface area contributed by atoms with Gasteiger partial charge in [0.25, 0.3) is 0 Å². The molecule has 3 N–H and O–H groups in total. The first-order valence-electron chi connectivity index (χ1n) is 5.63. The molecule has 0 radical (unpaired) electrons. The first-order valence-corrected chi connectivity index (χ1v) is 5.63. The number of nitrogens with one attached hydrogen (secondary N) is 1. The van der Waals surface area contributed by atoms with Gasteiger partial charge in [-0.3, -0.25) is 4.79 Å². The van der Waals surface area contributed by atoms with Crippen molar-refractivity contribution in [3.63, 3.8) is 0 Å². The molecule has 0 aliphatic rings. The van der Waals surface area contributed by atoms with Crippen LogP contribution in [0.3, 0.4) is 0 Å². The van der Waals surface area contributed by atoms with Crippen LogP contribution in [0.1, 0.15) is 12.8 Å². The minimum absolute atomic E-state index is 0.0685. The van der Waals surface area contributed by atoms with E-state index >= 15 is 0 Å². The number of rotatable bonds is 5. The van der Waals surface area contributed by atoms with Gasteiger partial charge in [-0.2, -0.15) is 4.68 Å². The first kappa shape index (κ1) is 12.2. The number of tetrazole rings is 1. The SMILES string of the molecule is NCCCC(=O)Nc1ccccc1-n1cnnn1. The van der Waals surface area contributed by atoms with Crippen LogP contribution in [0.2, 0.25) is 0 Å². The van der Waals surface area contributed by atoms with Crippen LogP contribution in [0, 0.1) is 0 Å². The molecule has 0 bridgehead atoms. The molecular weight excluding hydrogens is 232 g/mol. The molecule has 1 amide bonds. The minimum atomic E-state index is -0.0685. The second-order valence-corrected chi connectivity index (χ2v) is 3.71. The van der Waals surface area contributed by atoms with Crippen LogP contribution in [0.5, 0.6) is 0 Å². The molecule has 0 saturated carbocycles. The van der Waals surface area contributed by atoms with E-state index in [0.29, 0.717) is 25.1 Å². The molecule has 0 aliphatic heterocycles. The fraction of sp³-hybridized carbons (Fsp3) is 0.273. The molecule has 1 heterocycles. The lowest BCUT2D eigenvalue weighted by molar-refractivity contribution is -0.116. The molecule has 2 rings (SSSR count). The second-order valence-electron chi connectivity index (χ2n) is 3.71. The predicted octanol–water partition coefficient (Wildman–Crippen LogP) is 0.340. The lowest BCUT2D eigenvalue weighted by atomic mass is 10.2. The van der Waals surface area contributed by atoms with Crippen molar-refractivity contribution >= 4 is 11.6 Å². The van der Waals surface area contributed by atoms with Crippen molar-refractivity contribution in [2.45, 2.75) is 12.8 Å². The van der Waals surface area contributed by atoms with Gasteiger partial charge in [-0.25, -0.2) is 0 Å². The van der Waals surface area contributed by atoms with Gasteiger partial charge in [0.1, 0.15) is 6.33 Å². The predicted molar refractivity (Wildman–Crippen MR) is 66.1 cm³/mol. The van der Waals surface area contributed by atoms with E-state index in [1.54, 1.807) is 6.07 Å². The smallest absolute Gasteiger partial charge is 0.224 e. The van der Waals surface area contributed by atoms with Crippen molar-refractivity contribution in [3.8, 4) is 5.69 Å². The zero-order valence-corrected chi connectivity index (χ0v) is 9.78. The maximum Gasteiger partial charge on any atom is 0.224 e. The molecule has 7 heteroatoms. The van der Waals surface area contributed by atoms with Crippen molar-refractivity contribution in [1.29, 1.82) is 0 Å². The number of nitrogens with zero attached hydrogens (tertiary/aromatic N) is 4. The van der Waals surface area contributed by atoms with Crippen LogP contribution in [-0.2, 0) is 4.79 Å². The van der Waals surface area contributed by atoms with Gasteiger partial charge in [-0.1, -0.05) is 12.1 Å². The van der Waals surface area contributed by atoms with Gasteiger partial charge in [0, 0.05) is 6.42 Å². The number of amides is 1. The topological polar surface area (TPSA) is 98.7 Å². The fourth-order valence-electron chi connectivity index (χ4n) is 1.53. The number of benzene rings is 1. The number of para-hydroxylation sites is 2.